The summed E-state index contributed by atoms with van der Waals surface area (Å²) in [6, 6.07) is 8.11. The highest BCUT2D eigenvalue weighted by molar-refractivity contribution is 9.10. The maximum absolute atomic E-state index is 11.0. The molecule has 1 aromatic rings. The molecule has 0 aliphatic carbocycles. The van der Waals surface area contributed by atoms with Crippen molar-refractivity contribution in [1.82, 2.24) is 4.90 Å². The van der Waals surface area contributed by atoms with E-state index in [2.05, 4.69) is 22.9 Å². The van der Waals surface area contributed by atoms with Crippen molar-refractivity contribution in [3.8, 4) is 0 Å². The fraction of sp³-hybridized carbons (Fsp3) is 0.500. The molecule has 0 bridgehead atoms. The Morgan fingerprint density at radius 1 is 1.42 bits per heavy atom. The lowest BCUT2D eigenvalue weighted by atomic mass is 10.0. The van der Waals surface area contributed by atoms with Gasteiger partial charge >= 0.3 is 5.97 Å². The first-order chi connectivity index (χ1) is 9.08. The molecule has 0 saturated carbocycles. The van der Waals surface area contributed by atoms with E-state index in [-0.39, 0.29) is 12.6 Å². The largest absolute Gasteiger partial charge is 0.480 e. The number of benzene rings is 1. The first-order valence-corrected chi connectivity index (χ1v) is 7.08. The van der Waals surface area contributed by atoms with Crippen molar-refractivity contribution >= 4 is 21.9 Å². The molecule has 0 saturated heterocycles. The molecular formula is C14H20BrNO3. The summed E-state index contributed by atoms with van der Waals surface area (Å²) in [7, 11) is 1.62. The minimum Gasteiger partial charge on any atom is -0.480 e. The van der Waals surface area contributed by atoms with Crippen LogP contribution in [0.4, 0.5) is 0 Å². The third-order valence-electron chi connectivity index (χ3n) is 3.00. The van der Waals surface area contributed by atoms with Crippen LogP contribution in [0.15, 0.2) is 28.7 Å². The van der Waals surface area contributed by atoms with Crippen LogP contribution >= 0.6 is 15.9 Å². The molecule has 1 aromatic carbocycles. The van der Waals surface area contributed by atoms with Crippen molar-refractivity contribution in [1.29, 1.82) is 0 Å². The zero-order chi connectivity index (χ0) is 14.3. The molecule has 0 amide bonds. The molecule has 19 heavy (non-hydrogen) atoms. The number of carboxylic acids is 1. The monoisotopic (exact) mass is 329 g/mol. The SMILES string of the molecule is CCC(c1ccc(Br)cc1)N(CCOC)CC(=O)O. The second kappa shape index (κ2) is 8.30. The number of nitrogens with zero attached hydrogens (tertiary/aromatic N) is 1. The number of methoxy groups -OCH3 is 1. The van der Waals surface area contributed by atoms with E-state index in [0.717, 1.165) is 16.5 Å². The molecule has 4 nitrogen and oxygen atoms in total. The summed E-state index contributed by atoms with van der Waals surface area (Å²) in [4.78, 5) is 12.9. The summed E-state index contributed by atoms with van der Waals surface area (Å²) in [6.45, 7) is 3.23. The second-order valence-corrected chi connectivity index (χ2v) is 5.25. The van der Waals surface area contributed by atoms with E-state index in [1.807, 2.05) is 29.2 Å². The maximum atomic E-state index is 11.0. The van der Waals surface area contributed by atoms with E-state index in [1.165, 1.54) is 0 Å². The minimum absolute atomic E-state index is 0.0257. The van der Waals surface area contributed by atoms with Crippen LogP contribution in [0, 0.1) is 0 Å². The van der Waals surface area contributed by atoms with Crippen LogP contribution < -0.4 is 0 Å². The van der Waals surface area contributed by atoms with Crippen molar-refractivity contribution in [3.05, 3.63) is 34.3 Å². The summed E-state index contributed by atoms with van der Waals surface area (Å²) in [5.41, 5.74) is 1.13. The molecule has 0 aromatic heterocycles. The predicted octanol–water partition coefficient (Wildman–Crippen LogP) is 2.93. The molecule has 106 valence electrons. The highest BCUT2D eigenvalue weighted by Gasteiger charge is 2.20. The van der Waals surface area contributed by atoms with Gasteiger partial charge in [-0.25, -0.2) is 0 Å². The number of carbonyl (C=O) groups is 1. The fourth-order valence-electron chi connectivity index (χ4n) is 2.12. The standard InChI is InChI=1S/C14H20BrNO3/c1-3-13(11-4-6-12(15)7-5-11)16(8-9-19-2)10-14(17)18/h4-7,13H,3,8-10H2,1-2H3,(H,17,18). The van der Waals surface area contributed by atoms with Crippen LogP contribution in [0.2, 0.25) is 0 Å². The van der Waals surface area contributed by atoms with Gasteiger partial charge in [-0.2, -0.15) is 0 Å². The van der Waals surface area contributed by atoms with E-state index in [9.17, 15) is 4.79 Å². The lowest BCUT2D eigenvalue weighted by molar-refractivity contribution is -0.139. The predicted molar refractivity (Wildman–Crippen MR) is 78.3 cm³/mol. The van der Waals surface area contributed by atoms with Gasteiger partial charge in [0, 0.05) is 24.2 Å². The number of hydrogen-bond donors (Lipinski definition) is 1. The average Bonchev–Trinajstić information content (AvgIpc) is 2.38. The zero-order valence-corrected chi connectivity index (χ0v) is 12.9. The normalized spacial score (nSPS) is 12.6. The quantitative estimate of drug-likeness (QED) is 0.796. The zero-order valence-electron chi connectivity index (χ0n) is 11.3. The van der Waals surface area contributed by atoms with E-state index >= 15 is 0 Å². The number of hydrogen-bond acceptors (Lipinski definition) is 3. The average molecular weight is 330 g/mol. The van der Waals surface area contributed by atoms with Crippen LogP contribution in [0.3, 0.4) is 0 Å². The summed E-state index contributed by atoms with van der Waals surface area (Å²) >= 11 is 3.41. The molecule has 0 aliphatic heterocycles. The molecular weight excluding hydrogens is 310 g/mol. The number of rotatable bonds is 8. The summed E-state index contributed by atoms with van der Waals surface area (Å²) in [5.74, 6) is -0.813. The number of carboxylic acid groups (broad SMARTS) is 1. The Kier molecular flexibility index (Phi) is 7.05. The Bertz CT molecular complexity index is 394. The first-order valence-electron chi connectivity index (χ1n) is 6.28. The van der Waals surface area contributed by atoms with Crippen LogP contribution in [0.5, 0.6) is 0 Å². The number of ether oxygens (including phenoxy) is 1. The van der Waals surface area contributed by atoms with Gasteiger partial charge in [0.05, 0.1) is 13.2 Å². The number of halogens is 1. The van der Waals surface area contributed by atoms with Gasteiger partial charge in [0.1, 0.15) is 0 Å². The third-order valence-corrected chi connectivity index (χ3v) is 3.53. The van der Waals surface area contributed by atoms with Crippen molar-refractivity contribution in [2.45, 2.75) is 19.4 Å². The molecule has 0 heterocycles. The van der Waals surface area contributed by atoms with Crippen LogP contribution in [-0.4, -0.2) is 42.8 Å². The minimum atomic E-state index is -0.813. The van der Waals surface area contributed by atoms with Gasteiger partial charge in [0.2, 0.25) is 0 Å². The van der Waals surface area contributed by atoms with Crippen LogP contribution in [0.25, 0.3) is 0 Å². The lowest BCUT2D eigenvalue weighted by Crippen LogP contribution is -2.36. The van der Waals surface area contributed by atoms with Gasteiger partial charge in [0.25, 0.3) is 0 Å². The van der Waals surface area contributed by atoms with E-state index in [0.29, 0.717) is 13.2 Å². The molecule has 1 unspecified atom stereocenters. The molecule has 0 radical (unpaired) electrons. The van der Waals surface area contributed by atoms with E-state index in [4.69, 9.17) is 9.84 Å². The van der Waals surface area contributed by atoms with Crippen molar-refractivity contribution in [2.75, 3.05) is 26.8 Å². The van der Waals surface area contributed by atoms with Gasteiger partial charge < -0.3 is 9.84 Å². The highest BCUT2D eigenvalue weighted by Crippen LogP contribution is 2.25. The summed E-state index contributed by atoms with van der Waals surface area (Å²) in [6.07, 6.45) is 0.860. The molecule has 5 heteroatoms. The molecule has 0 fully saturated rings. The molecule has 1 N–H and O–H groups in total. The summed E-state index contributed by atoms with van der Waals surface area (Å²) < 4.78 is 6.08. The highest BCUT2D eigenvalue weighted by atomic mass is 79.9. The molecule has 1 rings (SSSR count). The van der Waals surface area contributed by atoms with Crippen LogP contribution in [0.1, 0.15) is 24.9 Å². The van der Waals surface area contributed by atoms with Gasteiger partial charge in [-0.1, -0.05) is 35.0 Å². The van der Waals surface area contributed by atoms with Gasteiger partial charge in [-0.05, 0) is 24.1 Å². The lowest BCUT2D eigenvalue weighted by Gasteiger charge is -2.29. The fourth-order valence-corrected chi connectivity index (χ4v) is 2.38. The summed E-state index contributed by atoms with van der Waals surface area (Å²) in [5, 5.41) is 9.03. The van der Waals surface area contributed by atoms with Crippen molar-refractivity contribution < 1.29 is 14.6 Å². The third kappa shape index (κ3) is 5.30. The maximum Gasteiger partial charge on any atom is 0.317 e. The Hall–Kier alpha value is -0.910. The Morgan fingerprint density at radius 3 is 2.53 bits per heavy atom. The Labute approximate surface area is 122 Å². The van der Waals surface area contributed by atoms with Crippen molar-refractivity contribution in [3.63, 3.8) is 0 Å². The van der Waals surface area contributed by atoms with E-state index < -0.39 is 5.97 Å². The van der Waals surface area contributed by atoms with Gasteiger partial charge in [-0.3, -0.25) is 9.69 Å². The first kappa shape index (κ1) is 16.1. The topological polar surface area (TPSA) is 49.8 Å². The Balaban J connectivity index is 2.87. The number of aliphatic carboxylic acids is 1. The smallest absolute Gasteiger partial charge is 0.317 e. The van der Waals surface area contributed by atoms with Crippen LogP contribution in [-0.2, 0) is 9.53 Å². The second-order valence-electron chi connectivity index (χ2n) is 4.33. The van der Waals surface area contributed by atoms with Gasteiger partial charge in [-0.15, -0.1) is 0 Å². The van der Waals surface area contributed by atoms with Crippen molar-refractivity contribution in [2.24, 2.45) is 0 Å². The molecule has 1 atom stereocenters. The molecule has 0 aliphatic rings. The van der Waals surface area contributed by atoms with E-state index in [1.54, 1.807) is 7.11 Å². The van der Waals surface area contributed by atoms with Gasteiger partial charge in [0.15, 0.2) is 0 Å². The molecule has 0 spiro atoms. The Morgan fingerprint density at radius 2 is 2.05 bits per heavy atom.